The van der Waals surface area contributed by atoms with Gasteiger partial charge in [0.15, 0.2) is 0 Å². The van der Waals surface area contributed by atoms with Crippen molar-refractivity contribution in [1.29, 1.82) is 0 Å². The second-order valence-electron chi connectivity index (χ2n) is 5.49. The van der Waals surface area contributed by atoms with Gasteiger partial charge < -0.3 is 10.1 Å². The Morgan fingerprint density at radius 3 is 2.44 bits per heavy atom. The second-order valence-corrected chi connectivity index (χ2v) is 5.90. The Morgan fingerprint density at radius 1 is 1.17 bits per heavy atom. The topological polar surface area (TPSA) is 21.3 Å². The van der Waals surface area contributed by atoms with Crippen LogP contribution < -0.4 is 10.1 Å². The Balaban J connectivity index is 2.51. The summed E-state index contributed by atoms with van der Waals surface area (Å²) < 4.78 is 5.64. The number of halogens is 1. The standard InChI is InChI=1S/C15H24ClNO/c1-11(2)8-17-9-13-5-6-15(14(16)7-13)18-10-12(3)4/h5-7,11-12,17H,8-10H2,1-4H3. The monoisotopic (exact) mass is 269 g/mol. The predicted molar refractivity (Wildman–Crippen MR) is 78.3 cm³/mol. The van der Waals surface area contributed by atoms with Gasteiger partial charge in [0.25, 0.3) is 0 Å². The molecule has 0 fully saturated rings. The van der Waals surface area contributed by atoms with Crippen LogP contribution in [0, 0.1) is 11.8 Å². The summed E-state index contributed by atoms with van der Waals surface area (Å²) in [4.78, 5) is 0. The first kappa shape index (κ1) is 15.3. The molecule has 0 aliphatic rings. The van der Waals surface area contributed by atoms with Crippen LogP contribution >= 0.6 is 11.6 Å². The summed E-state index contributed by atoms with van der Waals surface area (Å²) in [6.45, 7) is 11.2. The minimum absolute atomic E-state index is 0.508. The Labute approximate surface area is 116 Å². The van der Waals surface area contributed by atoms with Crippen molar-refractivity contribution in [2.24, 2.45) is 11.8 Å². The zero-order valence-corrected chi connectivity index (χ0v) is 12.6. The molecule has 0 heterocycles. The van der Waals surface area contributed by atoms with Crippen LogP contribution in [0.3, 0.4) is 0 Å². The molecule has 0 aliphatic heterocycles. The largest absolute Gasteiger partial charge is 0.492 e. The van der Waals surface area contributed by atoms with Crippen LogP contribution in [0.1, 0.15) is 33.3 Å². The molecule has 0 aromatic heterocycles. The summed E-state index contributed by atoms with van der Waals surface area (Å²) in [5.74, 6) is 1.94. The Kier molecular flexibility index (Phi) is 6.51. The van der Waals surface area contributed by atoms with E-state index in [4.69, 9.17) is 16.3 Å². The Morgan fingerprint density at radius 2 is 1.89 bits per heavy atom. The van der Waals surface area contributed by atoms with Gasteiger partial charge in [0.2, 0.25) is 0 Å². The minimum Gasteiger partial charge on any atom is -0.492 e. The van der Waals surface area contributed by atoms with Gasteiger partial charge >= 0.3 is 0 Å². The molecule has 1 aromatic carbocycles. The van der Waals surface area contributed by atoms with Gasteiger partial charge in [0.05, 0.1) is 11.6 Å². The highest BCUT2D eigenvalue weighted by atomic mass is 35.5. The van der Waals surface area contributed by atoms with Crippen LogP contribution in [0.2, 0.25) is 5.02 Å². The van der Waals surface area contributed by atoms with Gasteiger partial charge in [-0.1, -0.05) is 45.4 Å². The van der Waals surface area contributed by atoms with E-state index in [0.717, 1.165) is 18.8 Å². The van der Waals surface area contributed by atoms with Crippen LogP contribution in [-0.2, 0) is 6.54 Å². The number of nitrogens with one attached hydrogen (secondary N) is 1. The van der Waals surface area contributed by atoms with Gasteiger partial charge in [-0.3, -0.25) is 0 Å². The number of benzene rings is 1. The van der Waals surface area contributed by atoms with E-state index in [2.05, 4.69) is 39.1 Å². The van der Waals surface area contributed by atoms with Gasteiger partial charge in [0, 0.05) is 6.54 Å². The molecule has 102 valence electrons. The van der Waals surface area contributed by atoms with Crippen LogP contribution in [0.25, 0.3) is 0 Å². The van der Waals surface area contributed by atoms with Crippen LogP contribution in [0.4, 0.5) is 0 Å². The van der Waals surface area contributed by atoms with Crippen molar-refractivity contribution in [3.8, 4) is 5.75 Å². The van der Waals surface area contributed by atoms with E-state index in [0.29, 0.717) is 23.5 Å². The summed E-state index contributed by atoms with van der Waals surface area (Å²) in [5, 5.41) is 4.09. The van der Waals surface area contributed by atoms with Crippen molar-refractivity contribution in [3.05, 3.63) is 28.8 Å². The molecule has 0 saturated carbocycles. The van der Waals surface area contributed by atoms with E-state index >= 15 is 0 Å². The molecule has 0 spiro atoms. The molecular formula is C15H24ClNO. The number of ether oxygens (including phenoxy) is 1. The van der Waals surface area contributed by atoms with Crippen molar-refractivity contribution < 1.29 is 4.74 Å². The highest BCUT2D eigenvalue weighted by Crippen LogP contribution is 2.25. The van der Waals surface area contributed by atoms with Gasteiger partial charge in [-0.05, 0) is 36.1 Å². The van der Waals surface area contributed by atoms with Crippen LogP contribution in [-0.4, -0.2) is 13.2 Å². The van der Waals surface area contributed by atoms with Gasteiger partial charge in [-0.25, -0.2) is 0 Å². The fraction of sp³-hybridized carbons (Fsp3) is 0.600. The Hall–Kier alpha value is -0.730. The maximum Gasteiger partial charge on any atom is 0.137 e. The highest BCUT2D eigenvalue weighted by molar-refractivity contribution is 6.32. The van der Waals surface area contributed by atoms with E-state index < -0.39 is 0 Å². The van der Waals surface area contributed by atoms with Crippen molar-refractivity contribution in [1.82, 2.24) is 5.32 Å². The molecule has 18 heavy (non-hydrogen) atoms. The molecule has 0 bridgehead atoms. The molecule has 0 unspecified atom stereocenters. The molecule has 1 aromatic rings. The molecule has 1 N–H and O–H groups in total. The highest BCUT2D eigenvalue weighted by Gasteiger charge is 2.04. The fourth-order valence-electron chi connectivity index (χ4n) is 1.53. The van der Waals surface area contributed by atoms with Gasteiger partial charge in [0.1, 0.15) is 5.75 Å². The van der Waals surface area contributed by atoms with Crippen molar-refractivity contribution in [3.63, 3.8) is 0 Å². The fourth-order valence-corrected chi connectivity index (χ4v) is 1.79. The number of rotatable bonds is 7. The molecule has 0 aliphatic carbocycles. The zero-order valence-electron chi connectivity index (χ0n) is 11.8. The summed E-state index contributed by atoms with van der Waals surface area (Å²) in [5.41, 5.74) is 1.19. The lowest BCUT2D eigenvalue weighted by Gasteiger charge is -2.12. The average molecular weight is 270 g/mol. The molecule has 1 rings (SSSR count). The van der Waals surface area contributed by atoms with E-state index in [9.17, 15) is 0 Å². The predicted octanol–water partition coefficient (Wildman–Crippen LogP) is 4.12. The molecule has 2 nitrogen and oxygen atoms in total. The SMILES string of the molecule is CC(C)CNCc1ccc(OCC(C)C)c(Cl)c1. The first-order valence-corrected chi connectivity index (χ1v) is 6.98. The maximum absolute atomic E-state index is 6.20. The van der Waals surface area contributed by atoms with Crippen LogP contribution in [0.5, 0.6) is 5.75 Å². The van der Waals surface area contributed by atoms with Crippen molar-refractivity contribution >= 4 is 11.6 Å². The Bertz CT molecular complexity index is 364. The smallest absolute Gasteiger partial charge is 0.137 e. The molecular weight excluding hydrogens is 246 g/mol. The third-order valence-corrected chi connectivity index (χ3v) is 2.75. The summed E-state index contributed by atoms with van der Waals surface area (Å²) >= 11 is 6.20. The van der Waals surface area contributed by atoms with E-state index in [1.165, 1.54) is 5.56 Å². The van der Waals surface area contributed by atoms with Crippen molar-refractivity contribution in [2.75, 3.05) is 13.2 Å². The summed E-state index contributed by atoms with van der Waals surface area (Å²) in [7, 11) is 0. The summed E-state index contributed by atoms with van der Waals surface area (Å²) in [6.07, 6.45) is 0. The van der Waals surface area contributed by atoms with Gasteiger partial charge in [-0.2, -0.15) is 0 Å². The molecule has 0 amide bonds. The molecule has 0 radical (unpaired) electrons. The number of hydrogen-bond acceptors (Lipinski definition) is 2. The first-order chi connectivity index (χ1) is 8.49. The second kappa shape index (κ2) is 7.65. The normalized spacial score (nSPS) is 11.3. The molecule has 0 atom stereocenters. The van der Waals surface area contributed by atoms with E-state index in [1.807, 2.05) is 12.1 Å². The zero-order chi connectivity index (χ0) is 13.5. The van der Waals surface area contributed by atoms with Crippen molar-refractivity contribution in [2.45, 2.75) is 34.2 Å². The maximum atomic E-state index is 6.20. The quantitative estimate of drug-likeness (QED) is 0.804. The average Bonchev–Trinajstić information content (AvgIpc) is 2.27. The van der Waals surface area contributed by atoms with E-state index in [-0.39, 0.29) is 0 Å². The lowest BCUT2D eigenvalue weighted by Crippen LogP contribution is -2.18. The third kappa shape index (κ3) is 5.74. The minimum atomic E-state index is 0.508. The first-order valence-electron chi connectivity index (χ1n) is 6.61. The third-order valence-electron chi connectivity index (χ3n) is 2.45. The van der Waals surface area contributed by atoms with Crippen LogP contribution in [0.15, 0.2) is 18.2 Å². The lowest BCUT2D eigenvalue weighted by molar-refractivity contribution is 0.271. The van der Waals surface area contributed by atoms with E-state index in [1.54, 1.807) is 0 Å². The van der Waals surface area contributed by atoms with Gasteiger partial charge in [-0.15, -0.1) is 0 Å². The lowest BCUT2D eigenvalue weighted by atomic mass is 10.2. The summed E-state index contributed by atoms with van der Waals surface area (Å²) in [6, 6.07) is 6.00. The molecule has 0 saturated heterocycles. The molecule has 3 heteroatoms. The number of hydrogen-bond donors (Lipinski definition) is 1.